The van der Waals surface area contributed by atoms with Crippen LogP contribution in [0.25, 0.3) is 0 Å². The second-order valence-electron chi connectivity index (χ2n) is 9.56. The van der Waals surface area contributed by atoms with Crippen molar-refractivity contribution in [2.75, 3.05) is 12.4 Å². The van der Waals surface area contributed by atoms with Crippen molar-refractivity contribution in [1.82, 2.24) is 9.29 Å². The molecule has 1 aliphatic carbocycles. The number of methoxy groups -OCH3 is 1. The third-order valence-electron chi connectivity index (χ3n) is 7.16. The van der Waals surface area contributed by atoms with Gasteiger partial charge < -0.3 is 10.1 Å². The van der Waals surface area contributed by atoms with Crippen molar-refractivity contribution >= 4 is 21.6 Å². The van der Waals surface area contributed by atoms with Gasteiger partial charge in [0.05, 0.1) is 18.0 Å². The lowest BCUT2D eigenvalue weighted by atomic mass is 10.1. The van der Waals surface area contributed by atoms with E-state index in [4.69, 9.17) is 4.74 Å². The van der Waals surface area contributed by atoms with Crippen molar-refractivity contribution in [3.63, 3.8) is 0 Å². The smallest absolute Gasteiger partial charge is 0.255 e. The quantitative estimate of drug-likeness (QED) is 0.290. The molecule has 1 aliphatic rings. The van der Waals surface area contributed by atoms with Crippen LogP contribution in [0.15, 0.2) is 96.2 Å². The number of aryl methyl sites for hydroxylation is 2. The second-order valence-corrected chi connectivity index (χ2v) is 11.4. The summed E-state index contributed by atoms with van der Waals surface area (Å²) in [5.41, 5.74) is 5.01. The number of carbonyl (C=O) groups is 1. The number of pyridine rings is 1. The highest BCUT2D eigenvalue weighted by Gasteiger charge is 2.36. The summed E-state index contributed by atoms with van der Waals surface area (Å²) in [6, 6.07) is 23.1. The Balaban J connectivity index is 1.48. The number of anilines is 1. The van der Waals surface area contributed by atoms with Gasteiger partial charge in [-0.25, -0.2) is 8.42 Å². The van der Waals surface area contributed by atoms with Crippen LogP contribution in [0.2, 0.25) is 0 Å². The third-order valence-corrected chi connectivity index (χ3v) is 9.02. The molecular formula is C31H31N3O4S. The van der Waals surface area contributed by atoms with Crippen molar-refractivity contribution in [2.24, 2.45) is 0 Å². The fourth-order valence-electron chi connectivity index (χ4n) is 4.99. The highest BCUT2D eigenvalue weighted by molar-refractivity contribution is 7.89. The van der Waals surface area contributed by atoms with Crippen molar-refractivity contribution in [3.8, 4) is 5.75 Å². The molecule has 4 aromatic rings. The van der Waals surface area contributed by atoms with E-state index in [0.29, 0.717) is 23.4 Å². The molecule has 1 heterocycles. The Bertz CT molecular complexity index is 1570. The molecule has 1 amide bonds. The molecule has 0 fully saturated rings. The van der Waals surface area contributed by atoms with Crippen molar-refractivity contribution < 1.29 is 17.9 Å². The molecule has 7 nitrogen and oxygen atoms in total. The van der Waals surface area contributed by atoms with Crippen molar-refractivity contribution in [3.05, 3.63) is 119 Å². The Morgan fingerprint density at radius 1 is 1.00 bits per heavy atom. The number of nitrogens with zero attached hydrogens (tertiary/aromatic N) is 2. The maximum atomic E-state index is 14.1. The summed E-state index contributed by atoms with van der Waals surface area (Å²) in [7, 11) is -2.27. The molecular weight excluding hydrogens is 510 g/mol. The normalized spacial score (nSPS) is 14.7. The van der Waals surface area contributed by atoms with E-state index >= 15 is 0 Å². The molecule has 1 atom stereocenters. The number of rotatable bonds is 9. The number of benzene rings is 3. The Morgan fingerprint density at radius 2 is 1.77 bits per heavy atom. The lowest BCUT2D eigenvalue weighted by molar-refractivity contribution is 0.102. The predicted octanol–water partition coefficient (Wildman–Crippen LogP) is 5.78. The minimum atomic E-state index is -3.83. The molecule has 1 N–H and O–H groups in total. The van der Waals surface area contributed by atoms with E-state index in [2.05, 4.69) is 10.3 Å². The molecule has 0 spiro atoms. The summed E-state index contributed by atoms with van der Waals surface area (Å²) in [4.78, 5) is 17.3. The van der Waals surface area contributed by atoms with Crippen LogP contribution in [0.5, 0.6) is 5.75 Å². The summed E-state index contributed by atoms with van der Waals surface area (Å²) in [5.74, 6) is 0.335. The highest BCUT2D eigenvalue weighted by Crippen LogP contribution is 2.41. The summed E-state index contributed by atoms with van der Waals surface area (Å²) in [6.07, 6.45) is 5.58. The molecule has 0 bridgehead atoms. The van der Waals surface area contributed by atoms with Crippen LogP contribution in [0.1, 0.15) is 52.0 Å². The SMILES string of the molecule is CCc1ccc(S(=O)(=O)N(Cc2ccncc2)C2CCc3ccc(NC(=O)c4cccc(OC)c4)cc32)cc1. The molecule has 1 unspecified atom stereocenters. The van der Waals surface area contributed by atoms with Gasteiger partial charge in [-0.3, -0.25) is 9.78 Å². The fourth-order valence-corrected chi connectivity index (χ4v) is 6.61. The molecule has 0 saturated carbocycles. The Hall–Kier alpha value is -4.01. The van der Waals surface area contributed by atoms with E-state index < -0.39 is 10.0 Å². The van der Waals surface area contributed by atoms with E-state index in [9.17, 15) is 13.2 Å². The average molecular weight is 542 g/mol. The van der Waals surface area contributed by atoms with Gasteiger partial charge in [0, 0.05) is 30.2 Å². The van der Waals surface area contributed by atoms with E-state index in [1.807, 2.05) is 49.4 Å². The van der Waals surface area contributed by atoms with Crippen molar-refractivity contribution in [2.45, 2.75) is 43.7 Å². The van der Waals surface area contributed by atoms with Gasteiger partial charge >= 0.3 is 0 Å². The first-order valence-electron chi connectivity index (χ1n) is 13.0. The van der Waals surface area contributed by atoms with Crippen LogP contribution in [0.3, 0.4) is 0 Å². The molecule has 8 heteroatoms. The number of hydrogen-bond acceptors (Lipinski definition) is 5. The zero-order chi connectivity index (χ0) is 27.4. The number of ether oxygens (including phenoxy) is 1. The first-order valence-corrected chi connectivity index (χ1v) is 14.4. The summed E-state index contributed by atoms with van der Waals surface area (Å²) >= 11 is 0. The van der Waals surface area contributed by atoms with Crippen LogP contribution in [0.4, 0.5) is 5.69 Å². The maximum Gasteiger partial charge on any atom is 0.255 e. The van der Waals surface area contributed by atoms with Gasteiger partial charge in [0.1, 0.15) is 5.75 Å². The second kappa shape index (κ2) is 11.4. The maximum absolute atomic E-state index is 14.1. The van der Waals surface area contributed by atoms with Crippen LogP contribution >= 0.6 is 0 Å². The zero-order valence-electron chi connectivity index (χ0n) is 22.0. The topological polar surface area (TPSA) is 88.6 Å². The molecule has 0 saturated heterocycles. The number of amides is 1. The van der Waals surface area contributed by atoms with Crippen LogP contribution in [-0.4, -0.2) is 30.7 Å². The number of sulfonamides is 1. The highest BCUT2D eigenvalue weighted by atomic mass is 32.2. The van der Waals surface area contributed by atoms with Gasteiger partial charge in [-0.05, 0) is 96.1 Å². The van der Waals surface area contributed by atoms with E-state index in [-0.39, 0.29) is 23.4 Å². The lowest BCUT2D eigenvalue weighted by Gasteiger charge is -2.29. The predicted molar refractivity (Wildman–Crippen MR) is 151 cm³/mol. The zero-order valence-corrected chi connectivity index (χ0v) is 22.8. The largest absolute Gasteiger partial charge is 0.497 e. The Morgan fingerprint density at radius 3 is 2.49 bits per heavy atom. The Kier molecular flexibility index (Phi) is 7.77. The summed E-state index contributed by atoms with van der Waals surface area (Å²) < 4.78 is 35.0. The Labute approximate surface area is 229 Å². The van der Waals surface area contributed by atoms with Gasteiger partial charge in [-0.2, -0.15) is 4.31 Å². The number of aromatic nitrogens is 1. The monoisotopic (exact) mass is 541 g/mol. The van der Waals surface area contributed by atoms with E-state index in [0.717, 1.165) is 35.1 Å². The molecule has 3 aromatic carbocycles. The number of fused-ring (bicyclic) bond motifs is 1. The number of hydrogen-bond donors (Lipinski definition) is 1. The van der Waals surface area contributed by atoms with Gasteiger partial charge in [0.25, 0.3) is 5.91 Å². The van der Waals surface area contributed by atoms with Crippen LogP contribution in [-0.2, 0) is 29.4 Å². The summed E-state index contributed by atoms with van der Waals surface area (Å²) in [5, 5.41) is 2.96. The summed E-state index contributed by atoms with van der Waals surface area (Å²) in [6.45, 7) is 2.25. The van der Waals surface area contributed by atoms with E-state index in [1.54, 1.807) is 60.2 Å². The van der Waals surface area contributed by atoms with Crippen molar-refractivity contribution in [1.29, 1.82) is 0 Å². The first-order chi connectivity index (χ1) is 18.9. The molecule has 0 radical (unpaired) electrons. The fraction of sp³-hybridized carbons (Fsp3) is 0.226. The van der Waals surface area contributed by atoms with Gasteiger partial charge in [0.15, 0.2) is 0 Å². The lowest BCUT2D eigenvalue weighted by Crippen LogP contribution is -2.33. The standard InChI is InChI=1S/C31H31N3O4S/c1-3-22-7-12-28(13-8-22)39(36,37)34(21-23-15-17-32-18-16-23)30-14-10-24-9-11-26(20-29(24)30)33-31(35)25-5-4-6-27(19-25)38-2/h4-9,11-13,15-20,30H,3,10,14,21H2,1-2H3,(H,33,35). The molecule has 1 aromatic heterocycles. The molecule has 39 heavy (non-hydrogen) atoms. The van der Waals surface area contributed by atoms with Gasteiger partial charge in [0.2, 0.25) is 10.0 Å². The van der Waals surface area contributed by atoms with Crippen LogP contribution < -0.4 is 10.1 Å². The first kappa shape index (κ1) is 26.6. The molecule has 200 valence electrons. The van der Waals surface area contributed by atoms with Gasteiger partial charge in [-0.15, -0.1) is 0 Å². The molecule has 0 aliphatic heterocycles. The van der Waals surface area contributed by atoms with Crippen LogP contribution in [0, 0.1) is 0 Å². The average Bonchev–Trinajstić information content (AvgIpc) is 3.39. The minimum absolute atomic E-state index is 0.213. The minimum Gasteiger partial charge on any atom is -0.497 e. The number of nitrogens with one attached hydrogen (secondary N) is 1. The number of carbonyl (C=O) groups excluding carboxylic acids is 1. The van der Waals surface area contributed by atoms with Gasteiger partial charge in [-0.1, -0.05) is 31.2 Å². The van der Waals surface area contributed by atoms with E-state index in [1.165, 1.54) is 0 Å². The third kappa shape index (κ3) is 5.72. The molecule has 5 rings (SSSR count).